The van der Waals surface area contributed by atoms with Crippen LogP contribution in [0.1, 0.15) is 36.1 Å². The van der Waals surface area contributed by atoms with Gasteiger partial charge in [0.25, 0.3) is 11.4 Å². The quantitative estimate of drug-likeness (QED) is 0.345. The molecular formula is C22H22N6O8. The number of amides is 4. The Kier molecular flexibility index (Phi) is 8.22. The number of nitrogens with one attached hydrogen (secondary N) is 4. The molecule has 0 radical (unpaired) electrons. The monoisotopic (exact) mass is 498 g/mol. The van der Waals surface area contributed by atoms with E-state index in [1.807, 2.05) is 0 Å². The second-order valence-corrected chi connectivity index (χ2v) is 7.83. The van der Waals surface area contributed by atoms with E-state index in [1.165, 1.54) is 48.5 Å². The lowest BCUT2D eigenvalue weighted by atomic mass is 10.0. The average Bonchev–Trinajstić information content (AvgIpc) is 2.85. The van der Waals surface area contributed by atoms with Gasteiger partial charge in [0.1, 0.15) is 0 Å². The van der Waals surface area contributed by atoms with Crippen molar-refractivity contribution >= 4 is 35.0 Å². The van der Waals surface area contributed by atoms with Gasteiger partial charge in [-0.15, -0.1) is 0 Å². The lowest BCUT2D eigenvalue weighted by Gasteiger charge is -2.22. The van der Waals surface area contributed by atoms with Crippen LogP contribution in [-0.4, -0.2) is 46.6 Å². The van der Waals surface area contributed by atoms with Gasteiger partial charge in [0.05, 0.1) is 59.0 Å². The van der Waals surface area contributed by atoms with E-state index in [4.69, 9.17) is 0 Å². The zero-order chi connectivity index (χ0) is 26.2. The fourth-order valence-corrected chi connectivity index (χ4v) is 3.74. The van der Waals surface area contributed by atoms with E-state index in [1.54, 1.807) is 0 Å². The number of nitro benzene ring substituents is 2. The van der Waals surface area contributed by atoms with E-state index in [2.05, 4.69) is 21.3 Å². The van der Waals surface area contributed by atoms with Crippen molar-refractivity contribution in [3.05, 3.63) is 79.9 Å². The molecular weight excluding hydrogens is 476 g/mol. The summed E-state index contributed by atoms with van der Waals surface area (Å²) in [5.74, 6) is -2.81. The Morgan fingerprint density at radius 1 is 0.611 bits per heavy atom. The van der Waals surface area contributed by atoms with Crippen LogP contribution in [0.3, 0.4) is 0 Å². The Labute approximate surface area is 203 Å². The summed E-state index contributed by atoms with van der Waals surface area (Å²) in [6, 6.07) is 8.90. The number of hydrogen-bond donors (Lipinski definition) is 4. The molecule has 0 aromatic heterocycles. The van der Waals surface area contributed by atoms with Crippen molar-refractivity contribution in [2.75, 3.05) is 13.1 Å². The second-order valence-electron chi connectivity index (χ2n) is 7.83. The lowest BCUT2D eigenvalue weighted by molar-refractivity contribution is -0.385. The number of rotatable bonds is 4. The summed E-state index contributed by atoms with van der Waals surface area (Å²) in [5, 5.41) is 32.6. The molecule has 4 amide bonds. The number of carbonyl (C=O) groups excluding carboxylic acids is 4. The average molecular weight is 498 g/mol. The highest BCUT2D eigenvalue weighted by Crippen LogP contribution is 2.28. The van der Waals surface area contributed by atoms with Crippen molar-refractivity contribution in [1.29, 1.82) is 0 Å². The van der Waals surface area contributed by atoms with Crippen molar-refractivity contribution < 1.29 is 29.0 Å². The predicted octanol–water partition coefficient (Wildman–Crippen LogP) is 0.544. The SMILES string of the molecule is O=C1CC(c2ccccc2[N+](=O)[O-])NC(=O)CNC(=O)CC(c2ccccc2[N+](=O)[O-])NC(=O)CN1. The lowest BCUT2D eigenvalue weighted by Crippen LogP contribution is -2.44. The zero-order valence-corrected chi connectivity index (χ0v) is 18.8. The molecule has 1 saturated heterocycles. The van der Waals surface area contributed by atoms with Crippen molar-refractivity contribution in [1.82, 2.24) is 21.3 Å². The molecule has 4 N–H and O–H groups in total. The Morgan fingerprint density at radius 3 is 1.33 bits per heavy atom. The van der Waals surface area contributed by atoms with Crippen LogP contribution in [-0.2, 0) is 19.2 Å². The van der Waals surface area contributed by atoms with Crippen LogP contribution in [0.25, 0.3) is 0 Å². The van der Waals surface area contributed by atoms with Gasteiger partial charge >= 0.3 is 0 Å². The van der Waals surface area contributed by atoms with Gasteiger partial charge in [-0.3, -0.25) is 39.4 Å². The largest absolute Gasteiger partial charge is 0.347 e. The van der Waals surface area contributed by atoms with Gasteiger partial charge in [-0.05, 0) is 0 Å². The van der Waals surface area contributed by atoms with Crippen molar-refractivity contribution in [3.63, 3.8) is 0 Å². The molecule has 1 aliphatic heterocycles. The summed E-state index contributed by atoms with van der Waals surface area (Å²) in [6.45, 7) is -1.07. The maximum Gasteiger partial charge on any atom is 0.274 e. The van der Waals surface area contributed by atoms with E-state index < -0.39 is 71.5 Å². The van der Waals surface area contributed by atoms with E-state index in [0.29, 0.717) is 0 Å². The third-order valence-electron chi connectivity index (χ3n) is 5.36. The minimum absolute atomic E-state index is 0.0744. The van der Waals surface area contributed by atoms with Crippen LogP contribution in [0.2, 0.25) is 0 Å². The Hall–Kier alpha value is -4.88. The van der Waals surface area contributed by atoms with Crippen molar-refractivity contribution in [3.8, 4) is 0 Å². The minimum atomic E-state index is -1.11. The van der Waals surface area contributed by atoms with Crippen LogP contribution >= 0.6 is 0 Å². The molecule has 1 fully saturated rings. The highest BCUT2D eigenvalue weighted by molar-refractivity contribution is 5.88. The van der Waals surface area contributed by atoms with Gasteiger partial charge in [0, 0.05) is 12.1 Å². The number of nitro groups is 2. The first kappa shape index (κ1) is 25.7. The molecule has 0 spiro atoms. The second kappa shape index (κ2) is 11.5. The Morgan fingerprint density at radius 2 is 0.972 bits per heavy atom. The van der Waals surface area contributed by atoms with Gasteiger partial charge < -0.3 is 21.3 Å². The van der Waals surface area contributed by atoms with E-state index >= 15 is 0 Å². The highest BCUT2D eigenvalue weighted by Gasteiger charge is 2.29. The van der Waals surface area contributed by atoms with Crippen molar-refractivity contribution in [2.24, 2.45) is 0 Å². The number of hydrogen-bond acceptors (Lipinski definition) is 8. The number of carbonyl (C=O) groups is 4. The number of benzene rings is 2. The molecule has 1 heterocycles. The third kappa shape index (κ3) is 6.59. The number of nitrogens with zero attached hydrogens (tertiary/aromatic N) is 2. The predicted molar refractivity (Wildman–Crippen MR) is 123 cm³/mol. The first-order chi connectivity index (χ1) is 17.2. The fourth-order valence-electron chi connectivity index (χ4n) is 3.74. The normalized spacial score (nSPS) is 19.7. The van der Waals surface area contributed by atoms with E-state index in [-0.39, 0.29) is 22.5 Å². The Balaban J connectivity index is 1.86. The maximum absolute atomic E-state index is 12.5. The molecule has 188 valence electrons. The molecule has 0 bridgehead atoms. The minimum Gasteiger partial charge on any atom is -0.347 e. The van der Waals surface area contributed by atoms with Crippen LogP contribution in [0.15, 0.2) is 48.5 Å². The topological polar surface area (TPSA) is 203 Å². The third-order valence-corrected chi connectivity index (χ3v) is 5.36. The molecule has 2 unspecified atom stereocenters. The zero-order valence-electron chi connectivity index (χ0n) is 18.8. The summed E-state index contributed by atoms with van der Waals surface area (Å²) in [6.07, 6.45) is -0.850. The number of para-hydroxylation sites is 2. The molecule has 3 rings (SSSR count). The Bertz CT molecular complexity index is 1090. The summed E-state index contributed by atoms with van der Waals surface area (Å²) < 4.78 is 0. The smallest absolute Gasteiger partial charge is 0.274 e. The highest BCUT2D eigenvalue weighted by atomic mass is 16.6. The van der Waals surface area contributed by atoms with Gasteiger partial charge in [-0.1, -0.05) is 36.4 Å². The van der Waals surface area contributed by atoms with Gasteiger partial charge in [-0.25, -0.2) is 0 Å². The van der Waals surface area contributed by atoms with E-state index in [0.717, 1.165) is 0 Å². The van der Waals surface area contributed by atoms with Gasteiger partial charge in [0.2, 0.25) is 23.6 Å². The fraction of sp³-hybridized carbons (Fsp3) is 0.273. The summed E-state index contributed by atoms with van der Waals surface area (Å²) in [4.78, 5) is 71.7. The van der Waals surface area contributed by atoms with Crippen LogP contribution in [0, 0.1) is 20.2 Å². The first-order valence-corrected chi connectivity index (χ1v) is 10.7. The van der Waals surface area contributed by atoms with Crippen molar-refractivity contribution in [2.45, 2.75) is 24.9 Å². The molecule has 2 aromatic carbocycles. The molecule has 0 saturated carbocycles. The summed E-state index contributed by atoms with van der Waals surface area (Å²) in [5.41, 5.74) is -0.479. The van der Waals surface area contributed by atoms with Gasteiger partial charge in [-0.2, -0.15) is 0 Å². The standard InChI is InChI=1S/C22H22N6O8/c29-19-9-15(13-5-1-3-7-17(13)27(33)34)25-21(31)11-24-20(30)10-16(26-22(32)12-23-19)14-6-2-4-8-18(14)28(35)36/h1-8,15-16H,9-12H2,(H,23,29)(H,24,30)(H,25,31)(H,26,32). The molecule has 2 aromatic rings. The van der Waals surface area contributed by atoms with Crippen LogP contribution in [0.5, 0.6) is 0 Å². The van der Waals surface area contributed by atoms with Crippen LogP contribution in [0.4, 0.5) is 11.4 Å². The molecule has 0 aliphatic carbocycles. The summed E-state index contributed by atoms with van der Waals surface area (Å²) >= 11 is 0. The molecule has 36 heavy (non-hydrogen) atoms. The maximum atomic E-state index is 12.5. The molecule has 1 aliphatic rings. The first-order valence-electron chi connectivity index (χ1n) is 10.7. The van der Waals surface area contributed by atoms with E-state index in [9.17, 15) is 39.4 Å². The molecule has 14 heteroatoms. The van der Waals surface area contributed by atoms with Gasteiger partial charge in [0.15, 0.2) is 0 Å². The van der Waals surface area contributed by atoms with Crippen LogP contribution < -0.4 is 21.3 Å². The molecule has 14 nitrogen and oxygen atoms in total. The molecule has 2 atom stereocenters. The summed E-state index contributed by atoms with van der Waals surface area (Å²) in [7, 11) is 0.